The fourth-order valence-corrected chi connectivity index (χ4v) is 5.01. The Balaban J connectivity index is 1.98. The van der Waals surface area contributed by atoms with Gasteiger partial charge < -0.3 is 24.3 Å². The maximum absolute atomic E-state index is 13.6. The Bertz CT molecular complexity index is 1590. The van der Waals surface area contributed by atoms with Crippen molar-refractivity contribution in [3.8, 4) is 28.5 Å². The molecule has 0 bridgehead atoms. The Kier molecular flexibility index (Phi) is 5.06. The van der Waals surface area contributed by atoms with Crippen molar-refractivity contribution in [2.24, 2.45) is 14.1 Å². The number of ether oxygens (including phenoxy) is 2. The summed E-state index contributed by atoms with van der Waals surface area (Å²) in [5, 5.41) is 20.9. The molecule has 3 heterocycles. The number of aryl methyl sites for hydroxylation is 1. The van der Waals surface area contributed by atoms with Crippen LogP contribution in [0.2, 0.25) is 0 Å². The molecule has 35 heavy (non-hydrogen) atoms. The lowest BCUT2D eigenvalue weighted by Crippen LogP contribution is -2.40. The van der Waals surface area contributed by atoms with E-state index in [9.17, 15) is 19.8 Å². The molecule has 0 saturated carbocycles. The van der Waals surface area contributed by atoms with E-state index in [4.69, 9.17) is 9.47 Å². The van der Waals surface area contributed by atoms with Crippen LogP contribution in [0.1, 0.15) is 31.2 Å². The van der Waals surface area contributed by atoms with E-state index >= 15 is 0 Å². The molecule has 1 aliphatic heterocycles. The van der Waals surface area contributed by atoms with Gasteiger partial charge in [0, 0.05) is 25.7 Å². The molecule has 9 heteroatoms. The predicted molar refractivity (Wildman–Crippen MR) is 131 cm³/mol. The van der Waals surface area contributed by atoms with Crippen molar-refractivity contribution in [1.29, 1.82) is 0 Å². The monoisotopic (exact) mass is 477 g/mol. The molecule has 5 rings (SSSR count). The second-order valence-electron chi connectivity index (χ2n) is 9.47. The zero-order chi connectivity index (χ0) is 25.2. The van der Waals surface area contributed by atoms with Gasteiger partial charge in [0.05, 0.1) is 41.5 Å². The first kappa shape index (κ1) is 22.8. The lowest BCUT2D eigenvalue weighted by atomic mass is 9.97. The predicted octanol–water partition coefficient (Wildman–Crippen LogP) is 2.98. The molecule has 1 aliphatic rings. The summed E-state index contributed by atoms with van der Waals surface area (Å²) < 4.78 is 16.2. The number of hydrogen-bond donors (Lipinski definition) is 2. The zero-order valence-electron chi connectivity index (χ0n) is 20.2. The molecule has 182 valence electrons. The van der Waals surface area contributed by atoms with E-state index in [1.807, 2.05) is 42.7 Å². The number of rotatable bonds is 3. The maximum atomic E-state index is 13.6. The first-order chi connectivity index (χ1) is 16.6. The summed E-state index contributed by atoms with van der Waals surface area (Å²) in [6.07, 6.45) is -0.782. The molecule has 0 saturated heterocycles. The van der Waals surface area contributed by atoms with Crippen molar-refractivity contribution in [3.05, 3.63) is 74.6 Å². The lowest BCUT2D eigenvalue weighted by molar-refractivity contribution is -0.00800. The number of benzene rings is 2. The fraction of sp³-hybridized carbons (Fsp3) is 0.308. The summed E-state index contributed by atoms with van der Waals surface area (Å²) in [4.78, 5) is 26.6. The van der Waals surface area contributed by atoms with Crippen molar-refractivity contribution in [2.45, 2.75) is 25.5 Å². The lowest BCUT2D eigenvalue weighted by Gasteiger charge is -2.39. The summed E-state index contributed by atoms with van der Waals surface area (Å²) in [5.74, 6) is 0.455. The van der Waals surface area contributed by atoms with E-state index in [2.05, 4.69) is 0 Å². The van der Waals surface area contributed by atoms with Crippen LogP contribution in [0.3, 0.4) is 0 Å². The Morgan fingerprint density at radius 2 is 1.71 bits per heavy atom. The Morgan fingerprint density at radius 3 is 2.34 bits per heavy atom. The Morgan fingerprint density at radius 1 is 1.03 bits per heavy atom. The van der Waals surface area contributed by atoms with Gasteiger partial charge in [0.15, 0.2) is 0 Å². The van der Waals surface area contributed by atoms with Crippen molar-refractivity contribution in [1.82, 2.24) is 13.7 Å². The molecule has 2 N–H and O–H groups in total. The average Bonchev–Trinajstić information content (AvgIpc) is 3.20. The van der Waals surface area contributed by atoms with Crippen LogP contribution in [0.15, 0.2) is 52.1 Å². The average molecular weight is 478 g/mol. The van der Waals surface area contributed by atoms with Gasteiger partial charge in [-0.1, -0.05) is 0 Å². The summed E-state index contributed by atoms with van der Waals surface area (Å²) in [6.45, 7) is 4.28. The first-order valence-electron chi connectivity index (χ1n) is 11.2. The number of phenolic OH excluding ortho intramolecular Hbond substituents is 2. The van der Waals surface area contributed by atoms with Crippen LogP contribution in [-0.2, 0) is 24.4 Å². The van der Waals surface area contributed by atoms with Gasteiger partial charge in [0.2, 0.25) is 0 Å². The molecule has 9 nitrogen and oxygen atoms in total. The second kappa shape index (κ2) is 7.78. The number of methoxy groups -OCH3 is 1. The number of nitrogens with zero attached hydrogens (tertiary/aromatic N) is 3. The second-order valence-corrected chi connectivity index (χ2v) is 9.47. The summed E-state index contributed by atoms with van der Waals surface area (Å²) >= 11 is 0. The highest BCUT2D eigenvalue weighted by atomic mass is 16.5. The topological polar surface area (TPSA) is 108 Å². The molecule has 0 aliphatic carbocycles. The van der Waals surface area contributed by atoms with E-state index in [0.29, 0.717) is 33.6 Å². The van der Waals surface area contributed by atoms with E-state index < -0.39 is 22.9 Å². The van der Waals surface area contributed by atoms with Gasteiger partial charge in [-0.25, -0.2) is 4.79 Å². The normalized spacial score (nSPS) is 16.9. The first-order valence-corrected chi connectivity index (χ1v) is 11.2. The van der Waals surface area contributed by atoms with Crippen LogP contribution in [0, 0.1) is 0 Å². The van der Waals surface area contributed by atoms with E-state index in [1.165, 1.54) is 23.7 Å². The van der Waals surface area contributed by atoms with Crippen LogP contribution in [0.4, 0.5) is 0 Å². The molecule has 0 fully saturated rings. The third-order valence-electron chi connectivity index (χ3n) is 6.73. The van der Waals surface area contributed by atoms with Crippen molar-refractivity contribution < 1.29 is 19.7 Å². The molecule has 2 aromatic heterocycles. The van der Waals surface area contributed by atoms with Gasteiger partial charge >= 0.3 is 5.69 Å². The summed E-state index contributed by atoms with van der Waals surface area (Å²) in [5.41, 5.74) is 1.41. The van der Waals surface area contributed by atoms with E-state index in [-0.39, 0.29) is 18.1 Å². The number of fused-ring (bicyclic) bond motifs is 3. The van der Waals surface area contributed by atoms with Crippen LogP contribution in [0.5, 0.6) is 17.2 Å². The minimum atomic E-state index is -0.782. The number of aromatic hydroxyl groups is 2. The molecule has 2 aromatic carbocycles. The minimum Gasteiger partial charge on any atom is -0.508 e. The smallest absolute Gasteiger partial charge is 0.331 e. The maximum Gasteiger partial charge on any atom is 0.331 e. The van der Waals surface area contributed by atoms with Gasteiger partial charge in [-0.2, -0.15) is 0 Å². The number of aromatic nitrogens is 3. The highest BCUT2D eigenvalue weighted by molar-refractivity contribution is 5.97. The van der Waals surface area contributed by atoms with Gasteiger partial charge in [0.25, 0.3) is 5.56 Å². The molecule has 4 aromatic rings. The number of phenols is 2. The molecule has 1 atom stereocenters. The van der Waals surface area contributed by atoms with Gasteiger partial charge in [-0.3, -0.25) is 13.9 Å². The largest absolute Gasteiger partial charge is 0.508 e. The third-order valence-corrected chi connectivity index (χ3v) is 6.73. The van der Waals surface area contributed by atoms with Crippen LogP contribution < -0.4 is 16.0 Å². The highest BCUT2D eigenvalue weighted by Gasteiger charge is 2.41. The fourth-order valence-electron chi connectivity index (χ4n) is 5.01. The van der Waals surface area contributed by atoms with Gasteiger partial charge in [0.1, 0.15) is 23.4 Å². The van der Waals surface area contributed by atoms with Crippen molar-refractivity contribution >= 4 is 10.9 Å². The Hall–Kier alpha value is -3.98. The Labute approximate surface area is 201 Å². The number of hydrogen-bond acceptors (Lipinski definition) is 6. The molecule has 0 spiro atoms. The summed E-state index contributed by atoms with van der Waals surface area (Å²) in [7, 11) is 4.67. The summed E-state index contributed by atoms with van der Waals surface area (Å²) in [6, 6.07) is 11.7. The molecular weight excluding hydrogens is 450 g/mol. The van der Waals surface area contributed by atoms with Crippen LogP contribution in [0.25, 0.3) is 22.2 Å². The molecule has 0 radical (unpaired) electrons. The van der Waals surface area contributed by atoms with Crippen molar-refractivity contribution in [2.75, 3.05) is 13.7 Å². The molecular formula is C26H27N3O6. The van der Waals surface area contributed by atoms with Gasteiger partial charge in [-0.15, -0.1) is 0 Å². The zero-order valence-corrected chi connectivity index (χ0v) is 20.2. The SMILES string of the molecule is COc1ccc(-c2c3c(=O)n(C)c(=O)n(C)c3c3n2C(C)(C)COC3c2ccc(O)cc2O)cc1. The van der Waals surface area contributed by atoms with Crippen LogP contribution >= 0.6 is 0 Å². The van der Waals surface area contributed by atoms with Gasteiger partial charge in [-0.05, 0) is 55.8 Å². The molecule has 0 amide bonds. The van der Waals surface area contributed by atoms with Crippen molar-refractivity contribution in [3.63, 3.8) is 0 Å². The quantitative estimate of drug-likeness (QED) is 0.470. The standard InChI is InChI=1S/C26H27N3O6/c1-26(2)13-35-23(17-11-8-15(30)12-18(17)31)22-21-19(24(32)28(4)25(33)27(21)3)20(29(22)26)14-6-9-16(34-5)10-7-14/h6-12,23,30-31H,13H2,1-5H3. The van der Waals surface area contributed by atoms with E-state index in [1.54, 1.807) is 20.2 Å². The highest BCUT2D eigenvalue weighted by Crippen LogP contribution is 2.47. The third kappa shape index (κ3) is 3.26. The van der Waals surface area contributed by atoms with Crippen LogP contribution in [-0.4, -0.2) is 37.6 Å². The minimum absolute atomic E-state index is 0.0807. The van der Waals surface area contributed by atoms with E-state index in [0.717, 1.165) is 10.1 Å². The molecule has 1 unspecified atom stereocenters.